The first-order valence-corrected chi connectivity index (χ1v) is 6.67. The van der Waals surface area contributed by atoms with Crippen LogP contribution < -0.4 is 5.32 Å². The minimum absolute atomic E-state index is 0.592. The van der Waals surface area contributed by atoms with Gasteiger partial charge in [0.2, 0.25) is 5.95 Å². The molecule has 0 aliphatic rings. The van der Waals surface area contributed by atoms with E-state index in [-0.39, 0.29) is 0 Å². The van der Waals surface area contributed by atoms with Gasteiger partial charge in [-0.25, -0.2) is 19.9 Å². The number of aryl methyl sites for hydroxylation is 2. The Morgan fingerprint density at radius 3 is 2.10 bits per heavy atom. The Bertz CT molecular complexity index is 753. The highest BCUT2D eigenvalue weighted by Crippen LogP contribution is 2.19. The standard InChI is InChI=1S/C16H15N5/c1-11-7-9-17-15(19-11)13-3-5-14(6-4-13)21-16-18-10-8-12(2)20-16/h3-10H,1-2H3,(H,18,20,21). The van der Waals surface area contributed by atoms with Gasteiger partial charge in [-0.1, -0.05) is 0 Å². The Hall–Kier alpha value is -2.82. The molecule has 0 aliphatic heterocycles. The Labute approximate surface area is 123 Å². The summed E-state index contributed by atoms with van der Waals surface area (Å²) in [6.45, 7) is 3.89. The van der Waals surface area contributed by atoms with Crippen molar-refractivity contribution >= 4 is 11.6 Å². The molecule has 3 rings (SSSR count). The first-order valence-electron chi connectivity index (χ1n) is 6.67. The quantitative estimate of drug-likeness (QED) is 0.795. The summed E-state index contributed by atoms with van der Waals surface area (Å²) in [6.07, 6.45) is 3.50. The summed E-state index contributed by atoms with van der Waals surface area (Å²) in [5, 5.41) is 3.17. The molecule has 5 nitrogen and oxygen atoms in total. The van der Waals surface area contributed by atoms with Crippen LogP contribution in [0, 0.1) is 13.8 Å². The lowest BCUT2D eigenvalue weighted by Crippen LogP contribution is -1.97. The van der Waals surface area contributed by atoms with Gasteiger partial charge in [-0.3, -0.25) is 0 Å². The average Bonchev–Trinajstić information content (AvgIpc) is 2.48. The Balaban J connectivity index is 1.81. The second kappa shape index (κ2) is 5.66. The van der Waals surface area contributed by atoms with Crippen molar-refractivity contribution in [1.29, 1.82) is 0 Å². The molecule has 1 N–H and O–H groups in total. The third-order valence-corrected chi connectivity index (χ3v) is 2.99. The smallest absolute Gasteiger partial charge is 0.227 e. The van der Waals surface area contributed by atoms with Crippen LogP contribution in [0.5, 0.6) is 0 Å². The molecule has 3 aromatic rings. The summed E-state index contributed by atoms with van der Waals surface area (Å²) in [4.78, 5) is 17.2. The molecule has 0 atom stereocenters. The highest BCUT2D eigenvalue weighted by Gasteiger charge is 2.02. The second-order valence-electron chi connectivity index (χ2n) is 4.75. The molecule has 0 unspecified atom stereocenters. The number of nitrogens with zero attached hydrogens (tertiary/aromatic N) is 4. The van der Waals surface area contributed by atoms with Crippen molar-refractivity contribution in [3.63, 3.8) is 0 Å². The number of aromatic nitrogens is 4. The third-order valence-electron chi connectivity index (χ3n) is 2.99. The molecule has 0 fully saturated rings. The van der Waals surface area contributed by atoms with Gasteiger partial charge >= 0.3 is 0 Å². The zero-order valence-corrected chi connectivity index (χ0v) is 11.9. The van der Waals surface area contributed by atoms with Crippen molar-refractivity contribution < 1.29 is 0 Å². The van der Waals surface area contributed by atoms with Gasteiger partial charge in [0, 0.05) is 35.0 Å². The van der Waals surface area contributed by atoms with Crippen molar-refractivity contribution in [3.05, 3.63) is 60.2 Å². The monoisotopic (exact) mass is 277 g/mol. The van der Waals surface area contributed by atoms with Gasteiger partial charge in [-0.2, -0.15) is 0 Å². The Morgan fingerprint density at radius 2 is 1.43 bits per heavy atom. The van der Waals surface area contributed by atoms with Crippen LogP contribution in [0.15, 0.2) is 48.8 Å². The van der Waals surface area contributed by atoms with Crippen LogP contribution in [0.25, 0.3) is 11.4 Å². The molecule has 21 heavy (non-hydrogen) atoms. The maximum Gasteiger partial charge on any atom is 0.227 e. The first-order chi connectivity index (χ1) is 10.2. The van der Waals surface area contributed by atoms with E-state index in [2.05, 4.69) is 25.3 Å². The Kier molecular flexibility index (Phi) is 3.55. The van der Waals surface area contributed by atoms with E-state index < -0.39 is 0 Å². The second-order valence-corrected chi connectivity index (χ2v) is 4.75. The van der Waals surface area contributed by atoms with Gasteiger partial charge < -0.3 is 5.32 Å². The molecule has 0 amide bonds. The Morgan fingerprint density at radius 1 is 0.762 bits per heavy atom. The molecule has 2 heterocycles. The maximum atomic E-state index is 4.41. The number of benzene rings is 1. The van der Waals surface area contributed by atoms with E-state index in [4.69, 9.17) is 0 Å². The zero-order valence-electron chi connectivity index (χ0n) is 11.9. The van der Waals surface area contributed by atoms with Crippen LogP contribution in [0.3, 0.4) is 0 Å². The van der Waals surface area contributed by atoms with Crippen molar-refractivity contribution in [2.24, 2.45) is 0 Å². The lowest BCUT2D eigenvalue weighted by Gasteiger charge is -2.06. The predicted octanol–water partition coefficient (Wildman–Crippen LogP) is 3.29. The molecule has 1 aromatic carbocycles. The van der Waals surface area contributed by atoms with Gasteiger partial charge in [0.05, 0.1) is 0 Å². The van der Waals surface area contributed by atoms with E-state index in [9.17, 15) is 0 Å². The molecule has 0 bridgehead atoms. The van der Waals surface area contributed by atoms with Crippen LogP contribution in [0.4, 0.5) is 11.6 Å². The fourth-order valence-electron chi connectivity index (χ4n) is 1.93. The van der Waals surface area contributed by atoms with Crippen molar-refractivity contribution in [1.82, 2.24) is 19.9 Å². The topological polar surface area (TPSA) is 63.6 Å². The summed E-state index contributed by atoms with van der Waals surface area (Å²) < 4.78 is 0. The summed E-state index contributed by atoms with van der Waals surface area (Å²) >= 11 is 0. The largest absolute Gasteiger partial charge is 0.324 e. The van der Waals surface area contributed by atoms with Crippen LogP contribution in [-0.2, 0) is 0 Å². The summed E-state index contributed by atoms with van der Waals surface area (Å²) in [6, 6.07) is 11.6. The fraction of sp³-hybridized carbons (Fsp3) is 0.125. The molecule has 5 heteroatoms. The number of hydrogen-bond acceptors (Lipinski definition) is 5. The lowest BCUT2D eigenvalue weighted by atomic mass is 10.2. The van der Waals surface area contributed by atoms with Crippen molar-refractivity contribution in [3.8, 4) is 11.4 Å². The molecule has 2 aromatic heterocycles. The van der Waals surface area contributed by atoms with Gasteiger partial charge in [0.1, 0.15) is 0 Å². The van der Waals surface area contributed by atoms with Crippen LogP contribution in [-0.4, -0.2) is 19.9 Å². The van der Waals surface area contributed by atoms with E-state index in [1.807, 2.05) is 50.2 Å². The third kappa shape index (κ3) is 3.20. The molecule has 0 radical (unpaired) electrons. The van der Waals surface area contributed by atoms with Gasteiger partial charge in [-0.05, 0) is 50.2 Å². The molecular weight excluding hydrogens is 262 g/mol. The molecule has 0 saturated carbocycles. The van der Waals surface area contributed by atoms with Gasteiger partial charge in [0.25, 0.3) is 0 Å². The minimum Gasteiger partial charge on any atom is -0.324 e. The molecule has 104 valence electrons. The number of hydrogen-bond donors (Lipinski definition) is 1. The fourth-order valence-corrected chi connectivity index (χ4v) is 1.93. The molecule has 0 aliphatic carbocycles. The summed E-state index contributed by atoms with van der Waals surface area (Å²) in [7, 11) is 0. The van der Waals surface area contributed by atoms with E-state index in [0.29, 0.717) is 5.95 Å². The van der Waals surface area contributed by atoms with Gasteiger partial charge in [-0.15, -0.1) is 0 Å². The molecule has 0 saturated heterocycles. The average molecular weight is 277 g/mol. The van der Waals surface area contributed by atoms with Crippen molar-refractivity contribution in [2.75, 3.05) is 5.32 Å². The first kappa shape index (κ1) is 13.2. The van der Waals surface area contributed by atoms with Crippen LogP contribution >= 0.6 is 0 Å². The van der Waals surface area contributed by atoms with E-state index in [1.54, 1.807) is 12.4 Å². The van der Waals surface area contributed by atoms with Crippen LogP contribution in [0.2, 0.25) is 0 Å². The number of nitrogens with one attached hydrogen (secondary N) is 1. The SMILES string of the molecule is Cc1ccnc(Nc2ccc(-c3nccc(C)n3)cc2)n1. The highest BCUT2D eigenvalue weighted by molar-refractivity contribution is 5.62. The number of anilines is 2. The van der Waals surface area contributed by atoms with Crippen LogP contribution in [0.1, 0.15) is 11.4 Å². The lowest BCUT2D eigenvalue weighted by molar-refractivity contribution is 1.10. The molecular formula is C16H15N5. The predicted molar refractivity (Wildman–Crippen MR) is 82.3 cm³/mol. The normalized spacial score (nSPS) is 10.4. The highest BCUT2D eigenvalue weighted by atomic mass is 15.1. The maximum absolute atomic E-state index is 4.41. The van der Waals surface area contributed by atoms with E-state index in [0.717, 1.165) is 28.5 Å². The van der Waals surface area contributed by atoms with Gasteiger partial charge in [0.15, 0.2) is 5.82 Å². The zero-order chi connectivity index (χ0) is 14.7. The van der Waals surface area contributed by atoms with E-state index >= 15 is 0 Å². The minimum atomic E-state index is 0.592. The van der Waals surface area contributed by atoms with Crippen molar-refractivity contribution in [2.45, 2.75) is 13.8 Å². The molecule has 0 spiro atoms. The number of rotatable bonds is 3. The summed E-state index contributed by atoms with van der Waals surface area (Å²) in [5.41, 5.74) is 3.79. The van der Waals surface area contributed by atoms with E-state index in [1.165, 1.54) is 0 Å². The summed E-state index contributed by atoms with van der Waals surface area (Å²) in [5.74, 6) is 1.32.